The average Bonchev–Trinajstić information content (AvgIpc) is 2.38. The normalized spacial score (nSPS) is 13.0. The van der Waals surface area contributed by atoms with Crippen LogP contribution in [0.3, 0.4) is 0 Å². The summed E-state index contributed by atoms with van der Waals surface area (Å²) in [7, 11) is 0. The van der Waals surface area contributed by atoms with E-state index in [1.54, 1.807) is 13.8 Å². The summed E-state index contributed by atoms with van der Waals surface area (Å²) in [6.07, 6.45) is -5.42. The maximum Gasteiger partial charge on any atom is 0.461 e. The van der Waals surface area contributed by atoms with E-state index < -0.39 is 29.4 Å². The minimum Gasteiger partial charge on any atom is -0.462 e. The van der Waals surface area contributed by atoms with Crippen LogP contribution in [-0.4, -0.2) is 48.4 Å². The van der Waals surface area contributed by atoms with Crippen molar-refractivity contribution in [3.05, 3.63) is 11.8 Å². The molecule has 4 nitrogen and oxygen atoms in total. The van der Waals surface area contributed by atoms with Crippen molar-refractivity contribution in [1.82, 2.24) is 4.90 Å². The Hall–Kier alpha value is -1.67. The van der Waals surface area contributed by atoms with E-state index in [9.17, 15) is 31.5 Å². The Kier molecular flexibility index (Phi) is 6.78. The van der Waals surface area contributed by atoms with E-state index in [0.29, 0.717) is 6.20 Å². The van der Waals surface area contributed by atoms with Crippen molar-refractivity contribution in [3.8, 4) is 0 Å². The summed E-state index contributed by atoms with van der Waals surface area (Å²) in [6, 6.07) is 0. The minimum absolute atomic E-state index is 0.213. The van der Waals surface area contributed by atoms with Gasteiger partial charge < -0.3 is 9.64 Å². The Bertz CT molecular complexity index is 414. The molecule has 9 heteroatoms. The standard InChI is InChI=1S/C12H16F5NO3/c1-4-18(5-2)7-8(10(20)21-6-3)9(19)11(13,14)12(15,16)17/h7H,4-6H2,1-3H3/b8-7-. The number of rotatable bonds is 7. The number of ether oxygens (including phenoxy) is 1. The molecule has 0 radical (unpaired) electrons. The zero-order valence-corrected chi connectivity index (χ0v) is 11.8. The van der Waals surface area contributed by atoms with E-state index in [2.05, 4.69) is 4.74 Å². The molecular formula is C12H16F5NO3. The number of carbonyl (C=O) groups excluding carboxylic acids is 2. The third-order valence-electron chi connectivity index (χ3n) is 2.51. The maximum atomic E-state index is 13.1. The van der Waals surface area contributed by atoms with Crippen molar-refractivity contribution in [3.63, 3.8) is 0 Å². The molecule has 0 aromatic rings. The quantitative estimate of drug-likeness (QED) is 0.238. The number of Topliss-reactive ketones (excluding diaryl/α,β-unsaturated/α-hetero) is 1. The van der Waals surface area contributed by atoms with Gasteiger partial charge in [-0.25, -0.2) is 4.79 Å². The third kappa shape index (κ3) is 4.68. The third-order valence-corrected chi connectivity index (χ3v) is 2.51. The number of hydrogen-bond donors (Lipinski definition) is 0. The maximum absolute atomic E-state index is 13.1. The van der Waals surface area contributed by atoms with E-state index >= 15 is 0 Å². The molecule has 122 valence electrons. The Morgan fingerprint density at radius 3 is 1.86 bits per heavy atom. The van der Waals surface area contributed by atoms with Crippen LogP contribution >= 0.6 is 0 Å². The summed E-state index contributed by atoms with van der Waals surface area (Å²) in [5.41, 5.74) is -1.33. The largest absolute Gasteiger partial charge is 0.462 e. The first-order valence-corrected chi connectivity index (χ1v) is 6.15. The van der Waals surface area contributed by atoms with Crippen LogP contribution in [0.15, 0.2) is 11.8 Å². The highest BCUT2D eigenvalue weighted by atomic mass is 19.4. The van der Waals surface area contributed by atoms with Gasteiger partial charge in [-0.05, 0) is 20.8 Å². The van der Waals surface area contributed by atoms with Crippen molar-refractivity contribution in [2.45, 2.75) is 32.9 Å². The molecule has 0 atom stereocenters. The van der Waals surface area contributed by atoms with Crippen molar-refractivity contribution >= 4 is 11.8 Å². The number of carbonyl (C=O) groups is 2. The number of alkyl halides is 5. The molecule has 0 aromatic heterocycles. The molecule has 0 bridgehead atoms. The molecule has 0 aromatic carbocycles. The van der Waals surface area contributed by atoms with Crippen LogP contribution in [-0.2, 0) is 14.3 Å². The first-order valence-electron chi connectivity index (χ1n) is 6.15. The van der Waals surface area contributed by atoms with Crippen molar-refractivity contribution in [2.24, 2.45) is 0 Å². The number of esters is 1. The van der Waals surface area contributed by atoms with Crippen molar-refractivity contribution < 1.29 is 36.3 Å². The average molecular weight is 317 g/mol. The van der Waals surface area contributed by atoms with Crippen LogP contribution in [0.4, 0.5) is 22.0 Å². The smallest absolute Gasteiger partial charge is 0.461 e. The Morgan fingerprint density at radius 1 is 1.05 bits per heavy atom. The topological polar surface area (TPSA) is 46.6 Å². The second-order valence-electron chi connectivity index (χ2n) is 3.89. The van der Waals surface area contributed by atoms with Gasteiger partial charge in [-0.3, -0.25) is 4.79 Å². The number of nitrogens with zero attached hydrogens (tertiary/aromatic N) is 1. The van der Waals surface area contributed by atoms with Crippen LogP contribution in [0, 0.1) is 0 Å². The molecular weight excluding hydrogens is 301 g/mol. The molecule has 0 N–H and O–H groups in total. The molecule has 0 rings (SSSR count). The molecule has 0 amide bonds. The number of ketones is 1. The second-order valence-corrected chi connectivity index (χ2v) is 3.89. The molecule has 0 saturated heterocycles. The molecule has 0 unspecified atom stereocenters. The molecule has 0 fully saturated rings. The van der Waals surface area contributed by atoms with Gasteiger partial charge in [0.15, 0.2) is 0 Å². The van der Waals surface area contributed by atoms with Crippen LogP contribution in [0.5, 0.6) is 0 Å². The van der Waals surface area contributed by atoms with Gasteiger partial charge in [0.1, 0.15) is 5.57 Å². The van der Waals surface area contributed by atoms with Crippen LogP contribution in [0.2, 0.25) is 0 Å². The highest BCUT2D eigenvalue weighted by Gasteiger charge is 2.64. The van der Waals surface area contributed by atoms with E-state index in [-0.39, 0.29) is 19.7 Å². The molecule has 0 aliphatic rings. The van der Waals surface area contributed by atoms with Gasteiger partial charge in [0.2, 0.25) is 5.78 Å². The van der Waals surface area contributed by atoms with Crippen LogP contribution in [0.25, 0.3) is 0 Å². The molecule has 21 heavy (non-hydrogen) atoms. The number of halogens is 5. The monoisotopic (exact) mass is 317 g/mol. The lowest BCUT2D eigenvalue weighted by Gasteiger charge is -2.21. The van der Waals surface area contributed by atoms with Gasteiger partial charge in [0, 0.05) is 19.3 Å². The SMILES string of the molecule is CCOC(=O)/C(=C\N(CC)CC)C(=O)C(F)(F)C(F)(F)F. The van der Waals surface area contributed by atoms with Crippen molar-refractivity contribution in [2.75, 3.05) is 19.7 Å². The van der Waals surface area contributed by atoms with E-state index in [1.165, 1.54) is 11.8 Å². The molecule has 0 aliphatic carbocycles. The van der Waals surface area contributed by atoms with Gasteiger partial charge >= 0.3 is 18.1 Å². The summed E-state index contributed by atoms with van der Waals surface area (Å²) in [5, 5.41) is 0. The van der Waals surface area contributed by atoms with Gasteiger partial charge in [-0.2, -0.15) is 22.0 Å². The second kappa shape index (κ2) is 7.37. The highest BCUT2D eigenvalue weighted by Crippen LogP contribution is 2.38. The molecule has 0 saturated carbocycles. The molecule has 0 aliphatic heterocycles. The minimum atomic E-state index is -6.08. The first kappa shape index (κ1) is 19.3. The van der Waals surface area contributed by atoms with Gasteiger partial charge in [-0.15, -0.1) is 0 Å². The lowest BCUT2D eigenvalue weighted by Crippen LogP contribution is -2.46. The van der Waals surface area contributed by atoms with Crippen molar-refractivity contribution in [1.29, 1.82) is 0 Å². The summed E-state index contributed by atoms with van der Waals surface area (Å²) in [4.78, 5) is 24.1. The summed E-state index contributed by atoms with van der Waals surface area (Å²) < 4.78 is 67.2. The molecule has 0 spiro atoms. The predicted molar refractivity (Wildman–Crippen MR) is 63.6 cm³/mol. The fourth-order valence-corrected chi connectivity index (χ4v) is 1.30. The Morgan fingerprint density at radius 2 is 1.52 bits per heavy atom. The van der Waals surface area contributed by atoms with Gasteiger partial charge in [-0.1, -0.05) is 0 Å². The number of hydrogen-bond acceptors (Lipinski definition) is 4. The summed E-state index contributed by atoms with van der Waals surface area (Å²) >= 11 is 0. The fourth-order valence-electron chi connectivity index (χ4n) is 1.30. The van der Waals surface area contributed by atoms with Crippen LogP contribution in [0.1, 0.15) is 20.8 Å². The van der Waals surface area contributed by atoms with Gasteiger partial charge in [0.05, 0.1) is 6.61 Å². The predicted octanol–water partition coefficient (Wildman–Crippen LogP) is 2.54. The summed E-state index contributed by atoms with van der Waals surface area (Å²) in [5.74, 6) is -9.79. The van der Waals surface area contributed by atoms with E-state index in [1.807, 2.05) is 0 Å². The zero-order chi connectivity index (χ0) is 16.8. The molecule has 0 heterocycles. The Balaban J connectivity index is 5.71. The van der Waals surface area contributed by atoms with Crippen LogP contribution < -0.4 is 0 Å². The first-order chi connectivity index (χ1) is 9.52. The lowest BCUT2D eigenvalue weighted by atomic mass is 10.1. The van der Waals surface area contributed by atoms with E-state index in [4.69, 9.17) is 0 Å². The highest BCUT2D eigenvalue weighted by molar-refractivity contribution is 6.20. The van der Waals surface area contributed by atoms with E-state index in [0.717, 1.165) is 0 Å². The lowest BCUT2D eigenvalue weighted by molar-refractivity contribution is -0.266. The zero-order valence-electron chi connectivity index (χ0n) is 11.8. The fraction of sp³-hybridized carbons (Fsp3) is 0.667. The van der Waals surface area contributed by atoms with Gasteiger partial charge in [0.25, 0.3) is 0 Å². The Labute approximate surface area is 118 Å². The summed E-state index contributed by atoms with van der Waals surface area (Å²) in [6.45, 7) is 4.65.